The summed E-state index contributed by atoms with van der Waals surface area (Å²) in [7, 11) is 0. The third-order valence-corrected chi connectivity index (χ3v) is 3.10. The Morgan fingerprint density at radius 1 is 1.56 bits per heavy atom. The van der Waals surface area contributed by atoms with Gasteiger partial charge in [-0.15, -0.1) is 0 Å². The molecule has 4 heteroatoms. The van der Waals surface area contributed by atoms with Gasteiger partial charge in [0.1, 0.15) is 0 Å². The van der Waals surface area contributed by atoms with E-state index in [0.29, 0.717) is 6.54 Å². The molecule has 4 nitrogen and oxygen atoms in total. The van der Waals surface area contributed by atoms with Gasteiger partial charge in [0.25, 0.3) is 0 Å². The van der Waals surface area contributed by atoms with Gasteiger partial charge in [0.15, 0.2) is 0 Å². The summed E-state index contributed by atoms with van der Waals surface area (Å²) in [5, 5.41) is 9.03. The first-order chi connectivity index (χ1) is 7.63. The van der Waals surface area contributed by atoms with Crippen LogP contribution in [0.2, 0.25) is 0 Å². The van der Waals surface area contributed by atoms with Gasteiger partial charge in [-0.2, -0.15) is 0 Å². The van der Waals surface area contributed by atoms with Crippen LogP contribution in [0.15, 0.2) is 18.2 Å². The number of hydrogen-bond acceptors (Lipinski definition) is 3. The molecule has 0 aliphatic carbocycles. The van der Waals surface area contributed by atoms with Crippen molar-refractivity contribution in [2.45, 2.75) is 13.3 Å². The van der Waals surface area contributed by atoms with Gasteiger partial charge in [-0.1, -0.05) is 0 Å². The molecule has 1 aliphatic heterocycles. The average molecular weight is 220 g/mol. The fraction of sp³-hybridized carbons (Fsp3) is 0.417. The Morgan fingerprint density at radius 2 is 2.31 bits per heavy atom. The lowest BCUT2D eigenvalue weighted by molar-refractivity contribution is -0.121. The van der Waals surface area contributed by atoms with Crippen LogP contribution in [0.25, 0.3) is 0 Å². The van der Waals surface area contributed by atoms with Crippen LogP contribution in [-0.4, -0.2) is 24.2 Å². The highest BCUT2D eigenvalue weighted by Crippen LogP contribution is 2.27. The number of nitrogens with two attached hydrogens (primary N) is 1. The molecule has 3 N–H and O–H groups in total. The molecule has 0 bridgehead atoms. The lowest BCUT2D eigenvalue weighted by atomic mass is 10.1. The Kier molecular flexibility index (Phi) is 2.83. The van der Waals surface area contributed by atoms with Gasteiger partial charge in [-0.05, 0) is 37.1 Å². The number of aliphatic hydroxyl groups is 1. The summed E-state index contributed by atoms with van der Waals surface area (Å²) in [4.78, 5) is 13.6. The number of carbonyl (C=O) groups excluding carboxylic acids is 1. The van der Waals surface area contributed by atoms with E-state index in [-0.39, 0.29) is 18.4 Å². The van der Waals surface area contributed by atoms with Crippen molar-refractivity contribution in [2.24, 2.45) is 5.92 Å². The van der Waals surface area contributed by atoms with E-state index in [9.17, 15) is 4.79 Å². The minimum absolute atomic E-state index is 0.00618. The number of amides is 1. The number of anilines is 2. The molecule has 1 unspecified atom stereocenters. The van der Waals surface area contributed by atoms with Crippen LogP contribution in [0.5, 0.6) is 0 Å². The van der Waals surface area contributed by atoms with Gasteiger partial charge in [0.05, 0.1) is 12.5 Å². The van der Waals surface area contributed by atoms with E-state index in [1.54, 1.807) is 4.90 Å². The number of hydrogen-bond donors (Lipinski definition) is 2. The molecule has 2 rings (SSSR count). The lowest BCUT2D eigenvalue weighted by Crippen LogP contribution is -2.28. The van der Waals surface area contributed by atoms with Gasteiger partial charge >= 0.3 is 0 Å². The molecule has 1 atom stereocenters. The van der Waals surface area contributed by atoms with Crippen molar-refractivity contribution in [3.8, 4) is 0 Å². The van der Waals surface area contributed by atoms with Crippen molar-refractivity contribution in [3.05, 3.63) is 23.8 Å². The molecule has 1 aromatic rings. The zero-order valence-electron chi connectivity index (χ0n) is 9.31. The highest BCUT2D eigenvalue weighted by molar-refractivity contribution is 5.97. The number of nitrogen functional groups attached to an aromatic ring is 1. The first-order valence-electron chi connectivity index (χ1n) is 5.42. The number of nitrogens with zero attached hydrogens (tertiary/aromatic N) is 1. The smallest absolute Gasteiger partial charge is 0.232 e. The topological polar surface area (TPSA) is 66.6 Å². The summed E-state index contributed by atoms with van der Waals surface area (Å²) in [5.41, 5.74) is 8.30. The largest absolute Gasteiger partial charge is 0.399 e. The SMILES string of the molecule is Cc1cc(N2CCC(CO)C2=O)ccc1N. The second-order valence-electron chi connectivity index (χ2n) is 4.20. The van der Waals surface area contributed by atoms with Crippen LogP contribution in [0.1, 0.15) is 12.0 Å². The number of carbonyl (C=O) groups is 1. The van der Waals surface area contributed by atoms with Crippen molar-refractivity contribution in [1.82, 2.24) is 0 Å². The highest BCUT2D eigenvalue weighted by Gasteiger charge is 2.31. The van der Waals surface area contributed by atoms with Gasteiger partial charge in [0.2, 0.25) is 5.91 Å². The molecular weight excluding hydrogens is 204 g/mol. The normalized spacial score (nSPS) is 20.5. The molecule has 1 saturated heterocycles. The number of aliphatic hydroxyl groups excluding tert-OH is 1. The minimum atomic E-state index is -0.238. The quantitative estimate of drug-likeness (QED) is 0.728. The summed E-state index contributed by atoms with van der Waals surface area (Å²) < 4.78 is 0. The standard InChI is InChI=1S/C12H16N2O2/c1-8-6-10(2-3-11(8)13)14-5-4-9(7-15)12(14)16/h2-3,6,9,15H,4-5,7,13H2,1H3. The third-order valence-electron chi connectivity index (χ3n) is 3.10. The first-order valence-corrected chi connectivity index (χ1v) is 5.42. The molecule has 0 saturated carbocycles. The van der Waals surface area contributed by atoms with Gasteiger partial charge < -0.3 is 15.7 Å². The lowest BCUT2D eigenvalue weighted by Gasteiger charge is -2.17. The Balaban J connectivity index is 2.25. The van der Waals surface area contributed by atoms with Gasteiger partial charge in [-0.25, -0.2) is 0 Å². The predicted molar refractivity (Wildman–Crippen MR) is 63.1 cm³/mol. The van der Waals surface area contributed by atoms with E-state index in [2.05, 4.69) is 0 Å². The predicted octanol–water partition coefficient (Wildman–Crippen LogP) is 0.922. The molecule has 1 aliphatic rings. The van der Waals surface area contributed by atoms with Crippen molar-refractivity contribution in [3.63, 3.8) is 0 Å². The van der Waals surface area contributed by atoms with Crippen molar-refractivity contribution in [2.75, 3.05) is 23.8 Å². The molecule has 0 spiro atoms. The molecule has 1 fully saturated rings. The molecule has 1 amide bonds. The zero-order chi connectivity index (χ0) is 11.7. The fourth-order valence-corrected chi connectivity index (χ4v) is 1.99. The summed E-state index contributed by atoms with van der Waals surface area (Å²) in [6, 6.07) is 5.57. The van der Waals surface area contributed by atoms with E-state index in [4.69, 9.17) is 10.8 Å². The van der Waals surface area contributed by atoms with Crippen LogP contribution in [-0.2, 0) is 4.79 Å². The van der Waals surface area contributed by atoms with Crippen LogP contribution >= 0.6 is 0 Å². The van der Waals surface area contributed by atoms with Crippen molar-refractivity contribution in [1.29, 1.82) is 0 Å². The van der Waals surface area contributed by atoms with Crippen molar-refractivity contribution < 1.29 is 9.90 Å². The zero-order valence-corrected chi connectivity index (χ0v) is 9.31. The monoisotopic (exact) mass is 220 g/mol. The maximum absolute atomic E-state index is 11.9. The average Bonchev–Trinajstić information content (AvgIpc) is 2.64. The van der Waals surface area contributed by atoms with E-state index in [1.807, 2.05) is 25.1 Å². The van der Waals surface area contributed by atoms with E-state index >= 15 is 0 Å². The Morgan fingerprint density at radius 3 is 2.88 bits per heavy atom. The fourth-order valence-electron chi connectivity index (χ4n) is 1.99. The van der Waals surface area contributed by atoms with Crippen LogP contribution in [0.3, 0.4) is 0 Å². The van der Waals surface area contributed by atoms with E-state index < -0.39 is 0 Å². The molecule has 1 aromatic carbocycles. The molecule has 86 valence electrons. The molecule has 1 heterocycles. The third kappa shape index (κ3) is 1.76. The minimum Gasteiger partial charge on any atom is -0.399 e. The van der Waals surface area contributed by atoms with Gasteiger partial charge in [0, 0.05) is 17.9 Å². The maximum Gasteiger partial charge on any atom is 0.232 e. The second-order valence-corrected chi connectivity index (χ2v) is 4.20. The van der Waals surface area contributed by atoms with Crippen molar-refractivity contribution >= 4 is 17.3 Å². The Bertz CT molecular complexity index is 417. The highest BCUT2D eigenvalue weighted by atomic mass is 16.3. The molecule has 0 radical (unpaired) electrons. The Labute approximate surface area is 94.7 Å². The summed E-state index contributed by atoms with van der Waals surface area (Å²) in [5.74, 6) is -0.232. The van der Waals surface area contributed by atoms with Gasteiger partial charge in [-0.3, -0.25) is 4.79 Å². The number of benzene rings is 1. The van der Waals surface area contributed by atoms with Crippen LogP contribution in [0, 0.1) is 12.8 Å². The Hall–Kier alpha value is -1.55. The van der Waals surface area contributed by atoms with E-state index in [0.717, 1.165) is 23.4 Å². The second kappa shape index (κ2) is 4.14. The van der Waals surface area contributed by atoms with Crippen LogP contribution in [0.4, 0.5) is 11.4 Å². The first kappa shape index (κ1) is 11.0. The van der Waals surface area contributed by atoms with E-state index in [1.165, 1.54) is 0 Å². The number of aryl methyl sites for hydroxylation is 1. The van der Waals surface area contributed by atoms with Crippen LogP contribution < -0.4 is 10.6 Å². The summed E-state index contributed by atoms with van der Waals surface area (Å²) in [6.07, 6.45) is 0.721. The summed E-state index contributed by atoms with van der Waals surface area (Å²) in [6.45, 7) is 2.53. The molecule has 0 aromatic heterocycles. The maximum atomic E-state index is 11.9. The molecular formula is C12H16N2O2. The summed E-state index contributed by atoms with van der Waals surface area (Å²) >= 11 is 0. The molecule has 16 heavy (non-hydrogen) atoms. The number of rotatable bonds is 2.